The summed E-state index contributed by atoms with van der Waals surface area (Å²) in [6.07, 6.45) is 3.32. The molecule has 0 atom stereocenters. The molecule has 7 heavy (non-hydrogen) atoms. The van der Waals surface area contributed by atoms with Crippen molar-refractivity contribution in [3.8, 4) is 0 Å². The van der Waals surface area contributed by atoms with Crippen LogP contribution in [0.25, 0.3) is 0 Å². The van der Waals surface area contributed by atoms with Crippen molar-refractivity contribution in [2.45, 2.75) is 6.55 Å². The number of aromatic nitrogens is 3. The molecule has 0 saturated carbocycles. The van der Waals surface area contributed by atoms with Crippen molar-refractivity contribution in [1.29, 1.82) is 0 Å². The van der Waals surface area contributed by atoms with Crippen LogP contribution >= 0.6 is 0 Å². The second-order valence-electron chi connectivity index (χ2n) is 1.25. The molecule has 4 heteroatoms. The van der Waals surface area contributed by atoms with Crippen LogP contribution in [0.2, 0.25) is 6.55 Å². The Balaban J connectivity index is 2.76. The third-order valence-corrected chi connectivity index (χ3v) is 1.77. The normalized spacial score (nSPS) is 11.0. The zero-order chi connectivity index (χ0) is 5.11. The Morgan fingerprint density at radius 3 is 2.86 bits per heavy atom. The first-order valence-corrected chi connectivity index (χ1v) is 4.30. The molecule has 0 fully saturated rings. The van der Waals surface area contributed by atoms with Crippen LogP contribution in [0.4, 0.5) is 0 Å². The minimum absolute atomic E-state index is 0.123. The Morgan fingerprint density at radius 1 is 1.71 bits per heavy atom. The fourth-order valence-electron chi connectivity index (χ4n) is 0.396. The van der Waals surface area contributed by atoms with Gasteiger partial charge >= 0.3 is 0 Å². The standard InChI is InChI=1S/C3H7N3Si/c1-7-6-3-4-2-5-6/h2-3H,7H2,1H3. The summed E-state index contributed by atoms with van der Waals surface area (Å²) < 4.78 is 1.90. The summed E-state index contributed by atoms with van der Waals surface area (Å²) >= 11 is 0. The summed E-state index contributed by atoms with van der Waals surface area (Å²) in [7, 11) is -0.123. The summed E-state index contributed by atoms with van der Waals surface area (Å²) in [5, 5.41) is 3.90. The molecule has 0 saturated heterocycles. The summed E-state index contributed by atoms with van der Waals surface area (Å²) in [6.45, 7) is 2.16. The van der Waals surface area contributed by atoms with E-state index in [-0.39, 0.29) is 9.68 Å². The van der Waals surface area contributed by atoms with Crippen molar-refractivity contribution in [2.75, 3.05) is 0 Å². The number of nitrogens with zero attached hydrogens (tertiary/aromatic N) is 3. The van der Waals surface area contributed by atoms with Crippen molar-refractivity contribution >= 4 is 9.68 Å². The number of hydrogen-bond acceptors (Lipinski definition) is 2. The van der Waals surface area contributed by atoms with Crippen LogP contribution in [0, 0.1) is 0 Å². The van der Waals surface area contributed by atoms with Gasteiger partial charge in [-0.2, -0.15) is 5.10 Å². The summed E-state index contributed by atoms with van der Waals surface area (Å²) in [5.74, 6) is 0. The van der Waals surface area contributed by atoms with E-state index in [1.807, 2.05) is 4.35 Å². The minimum atomic E-state index is -0.123. The second kappa shape index (κ2) is 1.88. The van der Waals surface area contributed by atoms with Crippen molar-refractivity contribution in [2.24, 2.45) is 0 Å². The van der Waals surface area contributed by atoms with Crippen LogP contribution in [0.15, 0.2) is 12.7 Å². The molecule has 0 N–H and O–H groups in total. The van der Waals surface area contributed by atoms with E-state index in [0.29, 0.717) is 0 Å². The number of hydrogen-bond donors (Lipinski definition) is 0. The summed E-state index contributed by atoms with van der Waals surface area (Å²) in [5.41, 5.74) is 0. The summed E-state index contributed by atoms with van der Waals surface area (Å²) in [6, 6.07) is 0. The smallest absolute Gasteiger partial charge is 0.153 e. The molecule has 0 amide bonds. The van der Waals surface area contributed by atoms with Gasteiger partial charge in [0.15, 0.2) is 9.68 Å². The topological polar surface area (TPSA) is 30.7 Å². The molecule has 0 unspecified atom stereocenters. The number of rotatable bonds is 1. The van der Waals surface area contributed by atoms with Gasteiger partial charge < -0.3 is 0 Å². The quantitative estimate of drug-likeness (QED) is 0.449. The van der Waals surface area contributed by atoms with Gasteiger partial charge in [0.05, 0.1) is 0 Å². The van der Waals surface area contributed by atoms with Crippen molar-refractivity contribution in [1.82, 2.24) is 14.4 Å². The molecule has 1 aromatic heterocycles. The third-order valence-electron chi connectivity index (χ3n) is 0.791. The lowest BCUT2D eigenvalue weighted by Gasteiger charge is -1.85. The zero-order valence-corrected chi connectivity index (χ0v) is 5.62. The van der Waals surface area contributed by atoms with E-state index in [1.165, 1.54) is 0 Å². The van der Waals surface area contributed by atoms with E-state index < -0.39 is 0 Å². The van der Waals surface area contributed by atoms with Crippen LogP contribution < -0.4 is 0 Å². The maximum Gasteiger partial charge on any atom is 0.153 e. The molecule has 0 aromatic carbocycles. The first-order valence-electron chi connectivity index (χ1n) is 2.26. The average Bonchev–Trinajstić information content (AvgIpc) is 2.14. The van der Waals surface area contributed by atoms with Crippen LogP contribution in [0.1, 0.15) is 0 Å². The fraction of sp³-hybridized carbons (Fsp3) is 0.333. The fourth-order valence-corrected chi connectivity index (χ4v) is 0.890. The Hall–Kier alpha value is -0.643. The molecule has 0 spiro atoms. The largest absolute Gasteiger partial charge is 0.291 e. The maximum atomic E-state index is 3.90. The highest BCUT2D eigenvalue weighted by Crippen LogP contribution is 1.69. The predicted molar refractivity (Wildman–Crippen MR) is 29.8 cm³/mol. The molecule has 38 valence electrons. The van der Waals surface area contributed by atoms with Gasteiger partial charge in [-0.3, -0.25) is 4.35 Å². The lowest BCUT2D eigenvalue weighted by atomic mass is 11.3. The van der Waals surface area contributed by atoms with Crippen LogP contribution in [-0.4, -0.2) is 24.1 Å². The highest BCUT2D eigenvalue weighted by Gasteiger charge is 1.79. The monoisotopic (exact) mass is 113 g/mol. The van der Waals surface area contributed by atoms with Gasteiger partial charge in [0.2, 0.25) is 0 Å². The lowest BCUT2D eigenvalue weighted by molar-refractivity contribution is 0.976. The third kappa shape index (κ3) is 0.864. The van der Waals surface area contributed by atoms with Crippen LogP contribution in [-0.2, 0) is 0 Å². The van der Waals surface area contributed by atoms with E-state index in [1.54, 1.807) is 12.7 Å². The van der Waals surface area contributed by atoms with Gasteiger partial charge in [-0.25, -0.2) is 4.98 Å². The van der Waals surface area contributed by atoms with Gasteiger partial charge in [-0.1, -0.05) is 6.55 Å². The van der Waals surface area contributed by atoms with Crippen LogP contribution in [0.5, 0.6) is 0 Å². The second-order valence-corrected chi connectivity index (χ2v) is 2.53. The van der Waals surface area contributed by atoms with E-state index >= 15 is 0 Å². The zero-order valence-electron chi connectivity index (χ0n) is 4.20. The molecule has 0 radical (unpaired) electrons. The van der Waals surface area contributed by atoms with Gasteiger partial charge in [-0.15, -0.1) is 0 Å². The predicted octanol–water partition coefficient (Wildman–Crippen LogP) is -0.742. The van der Waals surface area contributed by atoms with Crippen LogP contribution in [0.3, 0.4) is 0 Å². The van der Waals surface area contributed by atoms with Gasteiger partial charge in [0.25, 0.3) is 0 Å². The molecule has 0 bridgehead atoms. The van der Waals surface area contributed by atoms with Crippen molar-refractivity contribution < 1.29 is 0 Å². The molecule has 1 heterocycles. The average molecular weight is 113 g/mol. The van der Waals surface area contributed by atoms with Gasteiger partial charge in [0, 0.05) is 0 Å². The first-order chi connectivity index (χ1) is 3.43. The Kier molecular flexibility index (Phi) is 1.21. The molecule has 1 aromatic rings. The molecule has 0 aliphatic rings. The molecular weight excluding hydrogens is 106 g/mol. The van der Waals surface area contributed by atoms with E-state index in [0.717, 1.165) is 0 Å². The van der Waals surface area contributed by atoms with Gasteiger partial charge in [-0.05, 0) is 0 Å². The highest BCUT2D eigenvalue weighted by molar-refractivity contribution is 6.30. The molecule has 0 aliphatic heterocycles. The summed E-state index contributed by atoms with van der Waals surface area (Å²) in [4.78, 5) is 3.78. The lowest BCUT2D eigenvalue weighted by Crippen LogP contribution is -2.00. The van der Waals surface area contributed by atoms with Crippen molar-refractivity contribution in [3.63, 3.8) is 0 Å². The SMILES string of the molecule is C[SiH2]n1cncn1. The van der Waals surface area contributed by atoms with Crippen molar-refractivity contribution in [3.05, 3.63) is 12.7 Å². The minimum Gasteiger partial charge on any atom is -0.291 e. The van der Waals surface area contributed by atoms with E-state index in [4.69, 9.17) is 0 Å². The molecule has 1 rings (SSSR count). The molecule has 3 nitrogen and oxygen atoms in total. The molecule has 0 aliphatic carbocycles. The Bertz CT molecular complexity index is 125. The van der Waals surface area contributed by atoms with Gasteiger partial charge in [0.1, 0.15) is 12.7 Å². The van der Waals surface area contributed by atoms with E-state index in [9.17, 15) is 0 Å². The highest BCUT2D eigenvalue weighted by atomic mass is 28.2. The molecular formula is C3H7N3Si. The Morgan fingerprint density at radius 2 is 2.57 bits per heavy atom. The Labute approximate surface area is 44.3 Å². The van der Waals surface area contributed by atoms with E-state index in [2.05, 4.69) is 16.6 Å². The first kappa shape index (κ1) is 4.51. The maximum absolute atomic E-state index is 3.90.